The number of rotatable bonds is 5. The highest BCUT2D eigenvalue weighted by Crippen LogP contribution is 2.09. The third-order valence-corrected chi connectivity index (χ3v) is 2.36. The fraction of sp³-hybridized carbons (Fsp3) is 0.636. The van der Waals surface area contributed by atoms with Gasteiger partial charge in [0.1, 0.15) is 5.76 Å². The zero-order valence-electron chi connectivity index (χ0n) is 9.39. The van der Waals surface area contributed by atoms with Gasteiger partial charge in [-0.05, 0) is 32.4 Å². The van der Waals surface area contributed by atoms with Gasteiger partial charge in [-0.2, -0.15) is 0 Å². The predicted molar refractivity (Wildman–Crippen MR) is 56.2 cm³/mol. The predicted octanol–water partition coefficient (Wildman–Crippen LogP) is 2.10. The third-order valence-electron chi connectivity index (χ3n) is 2.36. The average Bonchev–Trinajstić information content (AvgIpc) is 2.52. The van der Waals surface area contributed by atoms with Crippen molar-refractivity contribution in [3.63, 3.8) is 0 Å². The highest BCUT2D eigenvalue weighted by molar-refractivity contribution is 5.14. The minimum Gasteiger partial charge on any atom is -0.468 e. The van der Waals surface area contributed by atoms with Gasteiger partial charge in [-0.3, -0.25) is 0 Å². The Hall–Kier alpha value is -0.800. The first-order valence-electron chi connectivity index (χ1n) is 4.84. The van der Waals surface area contributed by atoms with Crippen LogP contribution in [0.15, 0.2) is 16.7 Å². The van der Waals surface area contributed by atoms with Gasteiger partial charge in [0.25, 0.3) is 0 Å². The Morgan fingerprint density at radius 1 is 1.50 bits per heavy atom. The summed E-state index contributed by atoms with van der Waals surface area (Å²) < 4.78 is 10.6. The standard InChI is InChI=1S/C11H19NO2/c1-9-5-6-14-10(9)7-12-8-11(2,3)13-4/h5-6,12H,7-8H2,1-4H3. The number of furan rings is 1. The lowest BCUT2D eigenvalue weighted by molar-refractivity contribution is 0.0227. The molecule has 0 saturated carbocycles. The molecule has 0 atom stereocenters. The van der Waals surface area contributed by atoms with Gasteiger partial charge in [-0.25, -0.2) is 0 Å². The third kappa shape index (κ3) is 3.16. The molecular weight excluding hydrogens is 178 g/mol. The number of ether oxygens (including phenoxy) is 1. The summed E-state index contributed by atoms with van der Waals surface area (Å²) >= 11 is 0. The monoisotopic (exact) mass is 197 g/mol. The summed E-state index contributed by atoms with van der Waals surface area (Å²) in [6.07, 6.45) is 1.72. The Morgan fingerprint density at radius 2 is 2.21 bits per heavy atom. The number of aryl methyl sites for hydroxylation is 1. The highest BCUT2D eigenvalue weighted by atomic mass is 16.5. The molecule has 1 N–H and O–H groups in total. The van der Waals surface area contributed by atoms with Crippen LogP contribution in [0.4, 0.5) is 0 Å². The zero-order valence-corrected chi connectivity index (χ0v) is 9.39. The molecule has 1 aromatic rings. The van der Waals surface area contributed by atoms with Crippen molar-refractivity contribution in [1.29, 1.82) is 0 Å². The van der Waals surface area contributed by atoms with E-state index in [9.17, 15) is 0 Å². The van der Waals surface area contributed by atoms with E-state index in [2.05, 4.69) is 19.2 Å². The molecule has 1 rings (SSSR count). The first kappa shape index (κ1) is 11.3. The van der Waals surface area contributed by atoms with Gasteiger partial charge in [-0.1, -0.05) is 0 Å². The Morgan fingerprint density at radius 3 is 2.71 bits per heavy atom. The molecule has 0 bridgehead atoms. The molecule has 0 aromatic carbocycles. The van der Waals surface area contributed by atoms with E-state index in [-0.39, 0.29) is 5.60 Å². The Bertz CT molecular complexity index is 279. The molecule has 1 aromatic heterocycles. The first-order valence-corrected chi connectivity index (χ1v) is 4.84. The molecule has 0 unspecified atom stereocenters. The van der Waals surface area contributed by atoms with Crippen molar-refractivity contribution in [2.24, 2.45) is 0 Å². The summed E-state index contributed by atoms with van der Waals surface area (Å²) in [6.45, 7) is 7.71. The molecule has 0 amide bonds. The zero-order chi connectivity index (χ0) is 10.6. The van der Waals surface area contributed by atoms with E-state index in [1.165, 1.54) is 5.56 Å². The van der Waals surface area contributed by atoms with Crippen LogP contribution >= 0.6 is 0 Å². The Kier molecular flexibility index (Phi) is 3.72. The van der Waals surface area contributed by atoms with Crippen LogP contribution in [0.2, 0.25) is 0 Å². The van der Waals surface area contributed by atoms with Gasteiger partial charge in [0, 0.05) is 13.7 Å². The van der Waals surface area contributed by atoms with E-state index in [1.54, 1.807) is 13.4 Å². The van der Waals surface area contributed by atoms with Gasteiger partial charge >= 0.3 is 0 Å². The fourth-order valence-corrected chi connectivity index (χ4v) is 1.13. The molecule has 80 valence electrons. The second-order valence-electron chi connectivity index (χ2n) is 4.09. The summed E-state index contributed by atoms with van der Waals surface area (Å²) in [5.41, 5.74) is 1.06. The van der Waals surface area contributed by atoms with Crippen LogP contribution in [-0.2, 0) is 11.3 Å². The van der Waals surface area contributed by atoms with Gasteiger partial charge in [-0.15, -0.1) is 0 Å². The topological polar surface area (TPSA) is 34.4 Å². The molecule has 0 spiro atoms. The second kappa shape index (κ2) is 4.62. The summed E-state index contributed by atoms with van der Waals surface area (Å²) in [5, 5.41) is 3.30. The second-order valence-corrected chi connectivity index (χ2v) is 4.09. The molecule has 0 aliphatic carbocycles. The molecule has 0 aliphatic rings. The van der Waals surface area contributed by atoms with E-state index >= 15 is 0 Å². The van der Waals surface area contributed by atoms with E-state index < -0.39 is 0 Å². The van der Waals surface area contributed by atoms with Crippen LogP contribution in [0.3, 0.4) is 0 Å². The van der Waals surface area contributed by atoms with E-state index in [4.69, 9.17) is 9.15 Å². The fourth-order valence-electron chi connectivity index (χ4n) is 1.13. The highest BCUT2D eigenvalue weighted by Gasteiger charge is 2.15. The molecular formula is C11H19NO2. The Balaban J connectivity index is 2.32. The minimum atomic E-state index is -0.125. The van der Waals surface area contributed by atoms with Crippen molar-refractivity contribution in [2.45, 2.75) is 32.9 Å². The van der Waals surface area contributed by atoms with Crippen LogP contribution < -0.4 is 5.32 Å². The maximum atomic E-state index is 5.31. The smallest absolute Gasteiger partial charge is 0.120 e. The molecule has 0 aliphatic heterocycles. The van der Waals surface area contributed by atoms with Crippen LogP contribution in [0.5, 0.6) is 0 Å². The lowest BCUT2D eigenvalue weighted by atomic mass is 10.1. The van der Waals surface area contributed by atoms with Gasteiger partial charge in [0.2, 0.25) is 0 Å². The largest absolute Gasteiger partial charge is 0.468 e. The lowest BCUT2D eigenvalue weighted by Gasteiger charge is -2.22. The number of nitrogens with one attached hydrogen (secondary N) is 1. The van der Waals surface area contributed by atoms with E-state index in [0.717, 1.165) is 18.8 Å². The van der Waals surface area contributed by atoms with E-state index in [1.807, 2.05) is 13.0 Å². The Labute approximate surface area is 85.4 Å². The van der Waals surface area contributed by atoms with Crippen LogP contribution in [-0.4, -0.2) is 19.3 Å². The molecule has 0 saturated heterocycles. The molecule has 0 radical (unpaired) electrons. The molecule has 3 nitrogen and oxygen atoms in total. The van der Waals surface area contributed by atoms with Gasteiger partial charge in [0.15, 0.2) is 0 Å². The van der Waals surface area contributed by atoms with Crippen LogP contribution in [0.1, 0.15) is 25.2 Å². The van der Waals surface area contributed by atoms with Crippen molar-refractivity contribution in [2.75, 3.05) is 13.7 Å². The van der Waals surface area contributed by atoms with Crippen molar-refractivity contribution in [1.82, 2.24) is 5.32 Å². The molecule has 3 heteroatoms. The number of hydrogen-bond donors (Lipinski definition) is 1. The quantitative estimate of drug-likeness (QED) is 0.785. The summed E-state index contributed by atoms with van der Waals surface area (Å²) in [4.78, 5) is 0. The van der Waals surface area contributed by atoms with Gasteiger partial charge in [0.05, 0.1) is 18.4 Å². The summed E-state index contributed by atoms with van der Waals surface area (Å²) in [6, 6.07) is 1.97. The number of methoxy groups -OCH3 is 1. The molecule has 14 heavy (non-hydrogen) atoms. The van der Waals surface area contributed by atoms with Crippen molar-refractivity contribution < 1.29 is 9.15 Å². The average molecular weight is 197 g/mol. The van der Waals surface area contributed by atoms with Crippen LogP contribution in [0, 0.1) is 6.92 Å². The van der Waals surface area contributed by atoms with Gasteiger partial charge < -0.3 is 14.5 Å². The van der Waals surface area contributed by atoms with Crippen molar-refractivity contribution >= 4 is 0 Å². The summed E-state index contributed by atoms with van der Waals surface area (Å²) in [7, 11) is 1.72. The normalized spacial score (nSPS) is 12.0. The van der Waals surface area contributed by atoms with Crippen molar-refractivity contribution in [3.05, 3.63) is 23.7 Å². The maximum Gasteiger partial charge on any atom is 0.120 e. The number of hydrogen-bond acceptors (Lipinski definition) is 3. The van der Waals surface area contributed by atoms with E-state index in [0.29, 0.717) is 0 Å². The summed E-state index contributed by atoms with van der Waals surface area (Å²) in [5.74, 6) is 0.997. The first-order chi connectivity index (χ1) is 6.55. The lowest BCUT2D eigenvalue weighted by Crippen LogP contribution is -2.36. The molecule has 0 fully saturated rings. The van der Waals surface area contributed by atoms with Crippen LogP contribution in [0.25, 0.3) is 0 Å². The molecule has 1 heterocycles. The minimum absolute atomic E-state index is 0.125. The van der Waals surface area contributed by atoms with Crippen molar-refractivity contribution in [3.8, 4) is 0 Å². The SMILES string of the molecule is COC(C)(C)CNCc1occc1C. The maximum absolute atomic E-state index is 5.31.